The highest BCUT2D eigenvalue weighted by Gasteiger charge is 2.18. The van der Waals surface area contributed by atoms with Gasteiger partial charge in [0.15, 0.2) is 0 Å². The van der Waals surface area contributed by atoms with Gasteiger partial charge in [-0.25, -0.2) is 13.8 Å². The molecule has 0 saturated carbocycles. The zero-order chi connectivity index (χ0) is 17.3. The zero-order valence-corrected chi connectivity index (χ0v) is 13.8. The molecule has 0 bridgehead atoms. The van der Waals surface area contributed by atoms with E-state index in [0.717, 1.165) is 17.3 Å². The predicted octanol–water partition coefficient (Wildman–Crippen LogP) is 4.26. The van der Waals surface area contributed by atoms with Crippen molar-refractivity contribution in [3.8, 4) is 11.3 Å². The summed E-state index contributed by atoms with van der Waals surface area (Å²) in [4.78, 5) is 4.37. The lowest BCUT2D eigenvalue weighted by Crippen LogP contribution is -2.15. The number of rotatable bonds is 4. The highest BCUT2D eigenvalue weighted by atomic mass is 35.5. The van der Waals surface area contributed by atoms with Crippen molar-refractivity contribution in [2.45, 2.75) is 12.5 Å². The highest BCUT2D eigenvalue weighted by molar-refractivity contribution is 6.30. The van der Waals surface area contributed by atoms with Crippen LogP contribution in [0.1, 0.15) is 17.3 Å². The van der Waals surface area contributed by atoms with E-state index in [-0.39, 0.29) is 6.42 Å². The summed E-state index contributed by atoms with van der Waals surface area (Å²) in [5, 5.41) is 0.641. The first-order valence-corrected chi connectivity index (χ1v) is 7.79. The van der Waals surface area contributed by atoms with Gasteiger partial charge in [0.25, 0.3) is 0 Å². The van der Waals surface area contributed by atoms with E-state index in [1.54, 1.807) is 18.5 Å². The van der Waals surface area contributed by atoms with Crippen LogP contribution in [0.2, 0.25) is 5.02 Å². The molecule has 0 fully saturated rings. The van der Waals surface area contributed by atoms with Crippen LogP contribution in [-0.4, -0.2) is 9.55 Å². The third-order valence-corrected chi connectivity index (χ3v) is 4.06. The molecule has 6 heteroatoms. The summed E-state index contributed by atoms with van der Waals surface area (Å²) in [5.41, 5.74) is 9.21. The number of aryl methyl sites for hydroxylation is 1. The van der Waals surface area contributed by atoms with Crippen molar-refractivity contribution in [2.24, 2.45) is 12.8 Å². The average Bonchev–Trinajstić information content (AvgIpc) is 2.89. The molecule has 124 valence electrons. The lowest BCUT2D eigenvalue weighted by Gasteiger charge is -2.13. The Balaban J connectivity index is 1.93. The van der Waals surface area contributed by atoms with Gasteiger partial charge in [0.05, 0.1) is 23.8 Å². The van der Waals surface area contributed by atoms with Crippen LogP contribution >= 0.6 is 11.6 Å². The van der Waals surface area contributed by atoms with E-state index >= 15 is 0 Å². The van der Waals surface area contributed by atoms with E-state index < -0.39 is 17.7 Å². The van der Waals surface area contributed by atoms with Crippen LogP contribution < -0.4 is 5.73 Å². The Morgan fingerprint density at radius 3 is 2.38 bits per heavy atom. The van der Waals surface area contributed by atoms with Crippen molar-refractivity contribution in [1.82, 2.24) is 9.55 Å². The van der Waals surface area contributed by atoms with Gasteiger partial charge in [0, 0.05) is 23.7 Å². The van der Waals surface area contributed by atoms with Crippen molar-refractivity contribution in [3.05, 3.63) is 76.7 Å². The third-order valence-electron chi connectivity index (χ3n) is 3.81. The molecule has 0 aliphatic carbocycles. The van der Waals surface area contributed by atoms with Crippen LogP contribution in [0.4, 0.5) is 8.78 Å². The van der Waals surface area contributed by atoms with Gasteiger partial charge in [-0.1, -0.05) is 23.7 Å². The molecule has 24 heavy (non-hydrogen) atoms. The Morgan fingerprint density at radius 2 is 1.75 bits per heavy atom. The van der Waals surface area contributed by atoms with E-state index in [0.29, 0.717) is 16.3 Å². The van der Waals surface area contributed by atoms with E-state index in [1.807, 2.05) is 23.7 Å². The molecule has 0 aliphatic rings. The van der Waals surface area contributed by atoms with E-state index in [1.165, 1.54) is 12.1 Å². The standard InChI is InChI=1S/C18H16ClF2N3/c1-24-10-23-17(18(24)12-2-4-13(19)5-3-12)16(22)8-11-6-14(20)9-15(21)7-11/h2-7,9-10,16H,8,22H2,1H3. The molecule has 0 aliphatic heterocycles. The molecule has 3 nitrogen and oxygen atoms in total. The fourth-order valence-corrected chi connectivity index (χ4v) is 2.88. The van der Waals surface area contributed by atoms with Crippen molar-refractivity contribution in [3.63, 3.8) is 0 Å². The van der Waals surface area contributed by atoms with Crippen LogP contribution in [0.5, 0.6) is 0 Å². The lowest BCUT2D eigenvalue weighted by atomic mass is 10.00. The molecule has 0 spiro atoms. The van der Waals surface area contributed by atoms with Crippen molar-refractivity contribution >= 4 is 11.6 Å². The topological polar surface area (TPSA) is 43.8 Å². The quantitative estimate of drug-likeness (QED) is 0.766. The number of benzene rings is 2. The number of nitrogens with two attached hydrogens (primary N) is 1. The first-order chi connectivity index (χ1) is 11.4. The minimum atomic E-state index is -0.615. The van der Waals surface area contributed by atoms with Crippen molar-refractivity contribution in [1.29, 1.82) is 0 Å². The summed E-state index contributed by atoms with van der Waals surface area (Å²) < 4.78 is 28.6. The Labute approximate surface area is 143 Å². The molecule has 3 aromatic rings. The van der Waals surface area contributed by atoms with E-state index in [4.69, 9.17) is 17.3 Å². The summed E-state index contributed by atoms with van der Waals surface area (Å²) in [5.74, 6) is -1.23. The summed E-state index contributed by atoms with van der Waals surface area (Å²) in [6, 6.07) is 10.3. The van der Waals surface area contributed by atoms with Gasteiger partial charge in [-0.15, -0.1) is 0 Å². The molecule has 2 N–H and O–H groups in total. The van der Waals surface area contributed by atoms with Gasteiger partial charge in [0.1, 0.15) is 11.6 Å². The second-order valence-corrected chi connectivity index (χ2v) is 6.12. The third kappa shape index (κ3) is 3.47. The number of imidazole rings is 1. The largest absolute Gasteiger partial charge is 0.333 e. The van der Waals surface area contributed by atoms with Crippen LogP contribution in [0.15, 0.2) is 48.8 Å². The molecule has 1 heterocycles. The summed E-state index contributed by atoms with van der Waals surface area (Å²) >= 11 is 5.93. The molecule has 2 aromatic carbocycles. The van der Waals surface area contributed by atoms with Crippen LogP contribution in [0, 0.1) is 11.6 Å². The average molecular weight is 348 g/mol. The summed E-state index contributed by atoms with van der Waals surface area (Å²) in [6.07, 6.45) is 1.96. The van der Waals surface area contributed by atoms with Gasteiger partial charge < -0.3 is 10.3 Å². The Bertz CT molecular complexity index is 839. The number of nitrogens with zero attached hydrogens (tertiary/aromatic N) is 2. The Hall–Kier alpha value is -2.24. The maximum atomic E-state index is 13.4. The maximum absolute atomic E-state index is 13.4. The fourth-order valence-electron chi connectivity index (χ4n) is 2.76. The Kier molecular flexibility index (Phi) is 4.64. The smallest absolute Gasteiger partial charge is 0.126 e. The first kappa shape index (κ1) is 16.6. The molecule has 0 radical (unpaired) electrons. The molecule has 1 atom stereocenters. The molecular formula is C18H16ClF2N3. The van der Waals surface area contributed by atoms with Crippen LogP contribution in [-0.2, 0) is 13.5 Å². The van der Waals surface area contributed by atoms with Gasteiger partial charge in [-0.05, 0) is 36.2 Å². The van der Waals surface area contributed by atoms with Crippen LogP contribution in [0.3, 0.4) is 0 Å². The number of hydrogen-bond acceptors (Lipinski definition) is 2. The summed E-state index contributed by atoms with van der Waals surface area (Å²) in [6.45, 7) is 0. The van der Waals surface area contributed by atoms with Gasteiger partial charge in [-0.2, -0.15) is 0 Å². The van der Waals surface area contributed by atoms with E-state index in [9.17, 15) is 8.78 Å². The maximum Gasteiger partial charge on any atom is 0.126 e. The normalized spacial score (nSPS) is 12.4. The monoisotopic (exact) mass is 347 g/mol. The number of hydrogen-bond donors (Lipinski definition) is 1. The zero-order valence-electron chi connectivity index (χ0n) is 13.0. The van der Waals surface area contributed by atoms with Gasteiger partial charge >= 0.3 is 0 Å². The number of halogens is 3. The highest BCUT2D eigenvalue weighted by Crippen LogP contribution is 2.29. The molecule has 0 saturated heterocycles. The fraction of sp³-hybridized carbons (Fsp3) is 0.167. The number of aromatic nitrogens is 2. The van der Waals surface area contributed by atoms with Gasteiger partial charge in [0.2, 0.25) is 0 Å². The second kappa shape index (κ2) is 6.71. The van der Waals surface area contributed by atoms with Crippen molar-refractivity contribution in [2.75, 3.05) is 0 Å². The van der Waals surface area contributed by atoms with Crippen molar-refractivity contribution < 1.29 is 8.78 Å². The molecular weight excluding hydrogens is 332 g/mol. The Morgan fingerprint density at radius 1 is 1.12 bits per heavy atom. The lowest BCUT2D eigenvalue weighted by molar-refractivity contribution is 0.576. The minimum Gasteiger partial charge on any atom is -0.333 e. The minimum absolute atomic E-state index is 0.284. The predicted molar refractivity (Wildman–Crippen MR) is 90.6 cm³/mol. The van der Waals surface area contributed by atoms with Crippen LogP contribution in [0.25, 0.3) is 11.3 Å². The molecule has 1 unspecified atom stereocenters. The van der Waals surface area contributed by atoms with E-state index in [2.05, 4.69) is 4.98 Å². The molecule has 3 rings (SSSR count). The molecule has 0 amide bonds. The van der Waals surface area contributed by atoms with Gasteiger partial charge in [-0.3, -0.25) is 0 Å². The molecule has 1 aromatic heterocycles. The summed E-state index contributed by atoms with van der Waals surface area (Å²) in [7, 11) is 1.87. The first-order valence-electron chi connectivity index (χ1n) is 7.41. The second-order valence-electron chi connectivity index (χ2n) is 5.68. The SMILES string of the molecule is Cn1cnc(C(N)Cc2cc(F)cc(F)c2)c1-c1ccc(Cl)cc1.